The van der Waals surface area contributed by atoms with Gasteiger partial charge in [0, 0.05) is 12.2 Å². The summed E-state index contributed by atoms with van der Waals surface area (Å²) in [5.41, 5.74) is 1.28. The van der Waals surface area contributed by atoms with Crippen LogP contribution in [0.4, 0.5) is 5.69 Å². The van der Waals surface area contributed by atoms with Crippen LogP contribution in [0.5, 0.6) is 11.5 Å². The number of carbonyl (C=O) groups excluding carboxylic acids is 2. The summed E-state index contributed by atoms with van der Waals surface area (Å²) in [7, 11) is 0. The fraction of sp³-hybridized carbons (Fsp3) is 0. The molecule has 0 unspecified atom stereocenters. The molecule has 0 atom stereocenters. The zero-order valence-corrected chi connectivity index (χ0v) is 15.5. The summed E-state index contributed by atoms with van der Waals surface area (Å²) < 4.78 is 0. The molecule has 0 spiro atoms. The standard InChI is InChI=1S/C24H19NO4/c26-20-12-7-13-21(27)24(20)25(22(28)16-14-18-8-3-1-4-9-18)23(29)17-15-19-10-5-2-6-11-19/h1-17,26-27H. The molecule has 2 N–H and O–H groups in total. The number of para-hydroxylation sites is 1. The third-order valence-electron chi connectivity index (χ3n) is 4.09. The first-order valence-electron chi connectivity index (χ1n) is 8.91. The summed E-state index contributed by atoms with van der Waals surface area (Å²) in [6.07, 6.45) is 5.55. The molecule has 3 aromatic carbocycles. The third kappa shape index (κ3) is 4.99. The number of imide groups is 1. The van der Waals surface area contributed by atoms with E-state index in [0.717, 1.165) is 16.0 Å². The highest BCUT2D eigenvalue weighted by Crippen LogP contribution is 2.36. The maximum absolute atomic E-state index is 12.8. The Hall–Kier alpha value is -4.12. The molecule has 5 nitrogen and oxygen atoms in total. The van der Waals surface area contributed by atoms with Crippen molar-refractivity contribution < 1.29 is 19.8 Å². The summed E-state index contributed by atoms with van der Waals surface area (Å²) in [4.78, 5) is 26.4. The maximum Gasteiger partial charge on any atom is 0.258 e. The van der Waals surface area contributed by atoms with Crippen molar-refractivity contribution in [1.82, 2.24) is 0 Å². The summed E-state index contributed by atoms with van der Waals surface area (Å²) in [5.74, 6) is -2.16. The predicted octanol–water partition coefficient (Wildman–Crippen LogP) is 4.38. The third-order valence-corrected chi connectivity index (χ3v) is 4.09. The van der Waals surface area contributed by atoms with Gasteiger partial charge in [0.05, 0.1) is 0 Å². The Kier molecular flexibility index (Phi) is 6.22. The highest BCUT2D eigenvalue weighted by molar-refractivity contribution is 6.24. The van der Waals surface area contributed by atoms with Gasteiger partial charge in [-0.15, -0.1) is 0 Å². The van der Waals surface area contributed by atoms with E-state index in [1.165, 1.54) is 30.4 Å². The largest absolute Gasteiger partial charge is 0.506 e. The van der Waals surface area contributed by atoms with Crippen molar-refractivity contribution in [3.8, 4) is 11.5 Å². The quantitative estimate of drug-likeness (QED) is 0.639. The van der Waals surface area contributed by atoms with Gasteiger partial charge in [0.2, 0.25) is 0 Å². The summed E-state index contributed by atoms with van der Waals surface area (Å²) >= 11 is 0. The van der Waals surface area contributed by atoms with Crippen LogP contribution >= 0.6 is 0 Å². The fourth-order valence-electron chi connectivity index (χ4n) is 2.69. The molecule has 0 aliphatic heterocycles. The second-order valence-corrected chi connectivity index (χ2v) is 6.14. The Morgan fingerprint density at radius 1 is 0.621 bits per heavy atom. The van der Waals surface area contributed by atoms with Crippen LogP contribution in [-0.4, -0.2) is 22.0 Å². The van der Waals surface area contributed by atoms with Gasteiger partial charge in [0.25, 0.3) is 11.8 Å². The zero-order chi connectivity index (χ0) is 20.6. The van der Waals surface area contributed by atoms with Crippen molar-refractivity contribution in [3.05, 3.63) is 102 Å². The number of hydrogen-bond acceptors (Lipinski definition) is 4. The van der Waals surface area contributed by atoms with Crippen molar-refractivity contribution in [2.75, 3.05) is 4.90 Å². The van der Waals surface area contributed by atoms with Gasteiger partial charge < -0.3 is 10.2 Å². The molecule has 0 saturated heterocycles. The highest BCUT2D eigenvalue weighted by Gasteiger charge is 2.25. The van der Waals surface area contributed by atoms with E-state index in [9.17, 15) is 19.8 Å². The van der Waals surface area contributed by atoms with Crippen LogP contribution in [0.3, 0.4) is 0 Å². The molecule has 29 heavy (non-hydrogen) atoms. The Labute approximate surface area is 168 Å². The molecule has 0 aliphatic carbocycles. The number of nitrogens with zero attached hydrogens (tertiary/aromatic N) is 1. The van der Waals surface area contributed by atoms with E-state index in [4.69, 9.17) is 0 Å². The number of amides is 2. The van der Waals surface area contributed by atoms with Crippen LogP contribution < -0.4 is 4.90 Å². The minimum atomic E-state index is -0.701. The lowest BCUT2D eigenvalue weighted by atomic mass is 10.2. The first-order valence-corrected chi connectivity index (χ1v) is 8.91. The number of hydrogen-bond donors (Lipinski definition) is 2. The van der Waals surface area contributed by atoms with Crippen LogP contribution in [0.1, 0.15) is 11.1 Å². The molecule has 0 fully saturated rings. The Bertz CT molecular complexity index is 975. The number of phenols is 2. The highest BCUT2D eigenvalue weighted by atomic mass is 16.3. The number of carbonyl (C=O) groups is 2. The zero-order valence-electron chi connectivity index (χ0n) is 15.5. The van der Waals surface area contributed by atoms with E-state index in [2.05, 4.69) is 0 Å². The van der Waals surface area contributed by atoms with Gasteiger partial charge in [-0.05, 0) is 35.4 Å². The van der Waals surface area contributed by atoms with E-state index in [0.29, 0.717) is 0 Å². The first kappa shape index (κ1) is 19.6. The van der Waals surface area contributed by atoms with Crippen molar-refractivity contribution in [3.63, 3.8) is 0 Å². The molecule has 0 aromatic heterocycles. The second kappa shape index (κ2) is 9.19. The van der Waals surface area contributed by atoms with E-state index >= 15 is 0 Å². The van der Waals surface area contributed by atoms with Crippen molar-refractivity contribution in [1.29, 1.82) is 0 Å². The minimum absolute atomic E-state index is 0.266. The van der Waals surface area contributed by atoms with Gasteiger partial charge in [-0.25, -0.2) is 4.90 Å². The molecule has 0 radical (unpaired) electrons. The monoisotopic (exact) mass is 385 g/mol. The molecule has 2 amide bonds. The van der Waals surface area contributed by atoms with Crippen LogP contribution in [0.15, 0.2) is 91.0 Å². The molecule has 0 aliphatic rings. The van der Waals surface area contributed by atoms with Crippen LogP contribution in [0.25, 0.3) is 12.2 Å². The molecule has 5 heteroatoms. The van der Waals surface area contributed by atoms with Crippen LogP contribution in [0, 0.1) is 0 Å². The summed E-state index contributed by atoms with van der Waals surface area (Å²) in [5, 5.41) is 20.4. The SMILES string of the molecule is O=C(C=Cc1ccccc1)N(C(=O)C=Cc1ccccc1)c1c(O)cccc1O. The number of rotatable bonds is 5. The molecule has 0 heterocycles. The molecule has 144 valence electrons. The molecule has 0 bridgehead atoms. The lowest BCUT2D eigenvalue weighted by Crippen LogP contribution is -2.34. The van der Waals surface area contributed by atoms with Gasteiger partial charge in [-0.3, -0.25) is 9.59 Å². The molecular formula is C24H19NO4. The number of anilines is 1. The van der Waals surface area contributed by atoms with Crippen LogP contribution in [0.2, 0.25) is 0 Å². The Balaban J connectivity index is 1.95. The van der Waals surface area contributed by atoms with Crippen LogP contribution in [-0.2, 0) is 9.59 Å². The average molecular weight is 385 g/mol. The van der Waals surface area contributed by atoms with Gasteiger partial charge in [0.15, 0.2) is 0 Å². The van der Waals surface area contributed by atoms with Gasteiger partial charge in [0.1, 0.15) is 17.2 Å². The number of phenolic OH excluding ortho intramolecular Hbond substituents is 2. The first-order chi connectivity index (χ1) is 14.1. The molecular weight excluding hydrogens is 366 g/mol. The van der Waals surface area contributed by atoms with E-state index in [1.54, 1.807) is 12.2 Å². The van der Waals surface area contributed by atoms with Gasteiger partial charge in [-0.1, -0.05) is 66.7 Å². The second-order valence-electron chi connectivity index (χ2n) is 6.14. The maximum atomic E-state index is 12.8. The smallest absolute Gasteiger partial charge is 0.258 e. The van der Waals surface area contributed by atoms with Crippen molar-refractivity contribution in [2.24, 2.45) is 0 Å². The van der Waals surface area contributed by atoms with Gasteiger partial charge >= 0.3 is 0 Å². The fourth-order valence-corrected chi connectivity index (χ4v) is 2.69. The average Bonchev–Trinajstić information content (AvgIpc) is 2.74. The van der Waals surface area contributed by atoms with E-state index in [-0.39, 0.29) is 17.2 Å². The normalized spacial score (nSPS) is 11.0. The molecule has 3 aromatic rings. The summed E-state index contributed by atoms with van der Waals surface area (Å²) in [6, 6.07) is 22.2. The molecule has 0 saturated carbocycles. The lowest BCUT2D eigenvalue weighted by Gasteiger charge is -2.20. The van der Waals surface area contributed by atoms with E-state index in [1.807, 2.05) is 60.7 Å². The Morgan fingerprint density at radius 3 is 1.45 bits per heavy atom. The summed E-state index contributed by atoms with van der Waals surface area (Å²) in [6.45, 7) is 0. The minimum Gasteiger partial charge on any atom is -0.506 e. The van der Waals surface area contributed by atoms with Crippen molar-refractivity contribution >= 4 is 29.7 Å². The topological polar surface area (TPSA) is 77.8 Å². The number of aromatic hydroxyl groups is 2. The van der Waals surface area contributed by atoms with Gasteiger partial charge in [-0.2, -0.15) is 0 Å². The Morgan fingerprint density at radius 2 is 1.03 bits per heavy atom. The predicted molar refractivity (Wildman–Crippen MR) is 113 cm³/mol. The lowest BCUT2D eigenvalue weighted by molar-refractivity contribution is -0.121. The van der Waals surface area contributed by atoms with E-state index < -0.39 is 11.8 Å². The molecule has 3 rings (SSSR count). The van der Waals surface area contributed by atoms with Crippen molar-refractivity contribution in [2.45, 2.75) is 0 Å². The number of benzene rings is 3.